The third-order valence-corrected chi connectivity index (χ3v) is 5.42. The Morgan fingerprint density at radius 1 is 0.839 bits per heavy atom. The number of piperazine rings is 1. The summed E-state index contributed by atoms with van der Waals surface area (Å²) in [5.41, 5.74) is 0.637. The van der Waals surface area contributed by atoms with Crippen molar-refractivity contribution in [1.82, 2.24) is 14.7 Å². The molecule has 8 nitrogen and oxygen atoms in total. The van der Waals surface area contributed by atoms with Gasteiger partial charge in [-0.05, 0) is 24.3 Å². The van der Waals surface area contributed by atoms with Crippen LogP contribution >= 0.6 is 0 Å². The Morgan fingerprint density at radius 2 is 1.48 bits per heavy atom. The van der Waals surface area contributed by atoms with Gasteiger partial charge in [-0.25, -0.2) is 4.79 Å². The molecule has 2 heterocycles. The monoisotopic (exact) mass is 424 g/mol. The predicted octanol–water partition coefficient (Wildman–Crippen LogP) is 2.49. The summed E-state index contributed by atoms with van der Waals surface area (Å²) in [6.45, 7) is 5.35. The normalized spacial score (nSPS) is 17.3. The van der Waals surface area contributed by atoms with E-state index in [0.717, 1.165) is 0 Å². The molecular formula is C23H28N4O4. The fourth-order valence-electron chi connectivity index (χ4n) is 3.72. The third kappa shape index (κ3) is 5.74. The molecule has 0 radical (unpaired) electrons. The molecular weight excluding hydrogens is 396 g/mol. The summed E-state index contributed by atoms with van der Waals surface area (Å²) in [5.74, 6) is 1.21. The van der Waals surface area contributed by atoms with Gasteiger partial charge in [-0.3, -0.25) is 9.69 Å². The second-order valence-electron chi connectivity index (χ2n) is 7.60. The molecule has 2 aromatic carbocycles. The number of benzene rings is 2. The van der Waals surface area contributed by atoms with Crippen molar-refractivity contribution >= 4 is 17.6 Å². The van der Waals surface area contributed by atoms with E-state index < -0.39 is 0 Å². The van der Waals surface area contributed by atoms with Crippen LogP contribution in [0.25, 0.3) is 0 Å². The molecule has 0 aromatic heterocycles. The number of ether oxygens (including phenoxy) is 2. The summed E-state index contributed by atoms with van der Waals surface area (Å²) in [5, 5.41) is 2.96. The molecule has 0 spiro atoms. The largest absolute Gasteiger partial charge is 0.455 e. The molecule has 164 valence electrons. The van der Waals surface area contributed by atoms with Crippen LogP contribution in [0.1, 0.15) is 0 Å². The number of anilines is 1. The van der Waals surface area contributed by atoms with E-state index in [-0.39, 0.29) is 18.5 Å². The van der Waals surface area contributed by atoms with Crippen molar-refractivity contribution in [2.75, 3.05) is 64.3 Å². The van der Waals surface area contributed by atoms with Gasteiger partial charge in [0.25, 0.3) is 0 Å². The first-order valence-corrected chi connectivity index (χ1v) is 10.6. The number of carbonyl (C=O) groups excluding carboxylic acids is 2. The molecule has 31 heavy (non-hydrogen) atoms. The lowest BCUT2D eigenvalue weighted by molar-refractivity contribution is -0.117. The van der Waals surface area contributed by atoms with E-state index in [4.69, 9.17) is 9.47 Å². The average molecular weight is 425 g/mol. The summed E-state index contributed by atoms with van der Waals surface area (Å²) < 4.78 is 11.2. The van der Waals surface area contributed by atoms with Gasteiger partial charge in [0, 0.05) is 39.3 Å². The summed E-state index contributed by atoms with van der Waals surface area (Å²) in [7, 11) is 0. The maximum absolute atomic E-state index is 12.6. The molecule has 2 aliphatic rings. The van der Waals surface area contributed by atoms with Crippen LogP contribution in [0.3, 0.4) is 0 Å². The van der Waals surface area contributed by atoms with Crippen molar-refractivity contribution in [2.45, 2.75) is 0 Å². The number of morpholine rings is 1. The van der Waals surface area contributed by atoms with Crippen molar-refractivity contribution in [3.63, 3.8) is 0 Å². The van der Waals surface area contributed by atoms with Crippen LogP contribution in [0.4, 0.5) is 10.5 Å². The quantitative estimate of drug-likeness (QED) is 0.798. The van der Waals surface area contributed by atoms with Gasteiger partial charge in [0.1, 0.15) is 5.75 Å². The molecule has 4 rings (SSSR count). The van der Waals surface area contributed by atoms with E-state index in [1.54, 1.807) is 0 Å². The van der Waals surface area contributed by atoms with Gasteiger partial charge in [0.15, 0.2) is 5.75 Å². The molecule has 8 heteroatoms. The maximum atomic E-state index is 12.6. The first-order chi connectivity index (χ1) is 15.2. The fourth-order valence-corrected chi connectivity index (χ4v) is 3.72. The SMILES string of the molecule is O=C(CN1CCN(C(=O)N2CCOCC2)CC1)Nc1ccccc1Oc1ccccc1. The molecule has 0 saturated carbocycles. The van der Waals surface area contributed by atoms with Crippen LogP contribution in [0.5, 0.6) is 11.5 Å². The Labute approximate surface area is 182 Å². The van der Waals surface area contributed by atoms with Crippen LogP contribution in [0, 0.1) is 0 Å². The van der Waals surface area contributed by atoms with E-state index in [2.05, 4.69) is 10.2 Å². The van der Waals surface area contributed by atoms with Crippen molar-refractivity contribution < 1.29 is 19.1 Å². The van der Waals surface area contributed by atoms with Gasteiger partial charge in [0.05, 0.1) is 25.4 Å². The van der Waals surface area contributed by atoms with Gasteiger partial charge < -0.3 is 24.6 Å². The molecule has 2 aliphatic heterocycles. The van der Waals surface area contributed by atoms with Gasteiger partial charge in [-0.2, -0.15) is 0 Å². The Kier molecular flexibility index (Phi) is 7.01. The minimum absolute atomic E-state index is 0.0689. The lowest BCUT2D eigenvalue weighted by Crippen LogP contribution is -2.55. The molecule has 0 bridgehead atoms. The zero-order chi connectivity index (χ0) is 21.5. The number of hydrogen-bond acceptors (Lipinski definition) is 5. The summed E-state index contributed by atoms with van der Waals surface area (Å²) in [6.07, 6.45) is 0. The van der Waals surface area contributed by atoms with Gasteiger partial charge in [-0.1, -0.05) is 30.3 Å². The number of nitrogens with zero attached hydrogens (tertiary/aromatic N) is 3. The zero-order valence-electron chi connectivity index (χ0n) is 17.5. The van der Waals surface area contributed by atoms with Crippen LogP contribution < -0.4 is 10.1 Å². The van der Waals surface area contributed by atoms with E-state index in [0.29, 0.717) is 69.7 Å². The van der Waals surface area contributed by atoms with E-state index in [1.807, 2.05) is 64.4 Å². The smallest absolute Gasteiger partial charge is 0.320 e. The number of amides is 3. The van der Waals surface area contributed by atoms with E-state index in [1.165, 1.54) is 0 Å². The predicted molar refractivity (Wildman–Crippen MR) is 117 cm³/mol. The lowest BCUT2D eigenvalue weighted by atomic mass is 10.2. The van der Waals surface area contributed by atoms with Gasteiger partial charge in [0.2, 0.25) is 5.91 Å². The molecule has 2 aromatic rings. The number of urea groups is 1. The van der Waals surface area contributed by atoms with Crippen LogP contribution in [-0.4, -0.2) is 85.7 Å². The number of nitrogens with one attached hydrogen (secondary N) is 1. The summed E-state index contributed by atoms with van der Waals surface area (Å²) in [6, 6.07) is 16.9. The number of para-hydroxylation sites is 3. The highest BCUT2D eigenvalue weighted by atomic mass is 16.5. The van der Waals surface area contributed by atoms with Crippen LogP contribution in [-0.2, 0) is 9.53 Å². The number of rotatable bonds is 5. The maximum Gasteiger partial charge on any atom is 0.320 e. The molecule has 0 unspecified atom stereocenters. The first-order valence-electron chi connectivity index (χ1n) is 10.6. The molecule has 2 saturated heterocycles. The Bertz CT molecular complexity index is 878. The van der Waals surface area contributed by atoms with Crippen molar-refractivity contribution in [2.24, 2.45) is 0 Å². The van der Waals surface area contributed by atoms with E-state index >= 15 is 0 Å². The number of carbonyl (C=O) groups is 2. The average Bonchev–Trinajstić information content (AvgIpc) is 2.82. The second kappa shape index (κ2) is 10.3. The summed E-state index contributed by atoms with van der Waals surface area (Å²) in [4.78, 5) is 31.0. The van der Waals surface area contributed by atoms with Crippen molar-refractivity contribution in [3.05, 3.63) is 54.6 Å². The number of hydrogen-bond donors (Lipinski definition) is 1. The first kappa shape index (κ1) is 21.1. The Hall–Kier alpha value is -3.10. The van der Waals surface area contributed by atoms with Crippen molar-refractivity contribution in [3.8, 4) is 11.5 Å². The highest BCUT2D eigenvalue weighted by Crippen LogP contribution is 2.29. The standard InChI is InChI=1S/C23H28N4O4/c28-22(24-20-8-4-5-9-21(20)31-19-6-2-1-3-7-19)18-25-10-12-26(13-11-25)23(29)27-14-16-30-17-15-27/h1-9H,10-18H2,(H,24,28). The van der Waals surface area contributed by atoms with Gasteiger partial charge in [-0.15, -0.1) is 0 Å². The zero-order valence-corrected chi connectivity index (χ0v) is 17.5. The van der Waals surface area contributed by atoms with Gasteiger partial charge >= 0.3 is 6.03 Å². The topological polar surface area (TPSA) is 74.4 Å². The Morgan fingerprint density at radius 3 is 2.23 bits per heavy atom. The minimum atomic E-state index is -0.0999. The highest BCUT2D eigenvalue weighted by molar-refractivity contribution is 5.93. The minimum Gasteiger partial charge on any atom is -0.455 e. The molecule has 2 fully saturated rings. The van der Waals surface area contributed by atoms with E-state index in [9.17, 15) is 9.59 Å². The Balaban J connectivity index is 1.27. The molecule has 0 aliphatic carbocycles. The van der Waals surface area contributed by atoms with Crippen molar-refractivity contribution in [1.29, 1.82) is 0 Å². The molecule has 1 N–H and O–H groups in total. The second-order valence-corrected chi connectivity index (χ2v) is 7.60. The highest BCUT2D eigenvalue weighted by Gasteiger charge is 2.27. The lowest BCUT2D eigenvalue weighted by Gasteiger charge is -2.38. The van der Waals surface area contributed by atoms with Crippen LogP contribution in [0.15, 0.2) is 54.6 Å². The third-order valence-electron chi connectivity index (χ3n) is 5.42. The molecule has 0 atom stereocenters. The summed E-state index contributed by atoms with van der Waals surface area (Å²) >= 11 is 0. The fraction of sp³-hybridized carbons (Fsp3) is 0.391. The molecule has 3 amide bonds. The van der Waals surface area contributed by atoms with Crippen LogP contribution in [0.2, 0.25) is 0 Å².